The van der Waals surface area contributed by atoms with Crippen molar-refractivity contribution in [2.75, 3.05) is 5.32 Å². The van der Waals surface area contributed by atoms with Crippen LogP contribution in [0.2, 0.25) is 0 Å². The Kier molecular flexibility index (Phi) is 4.95. The van der Waals surface area contributed by atoms with Crippen molar-refractivity contribution in [3.8, 4) is 0 Å². The number of benzene rings is 1. The summed E-state index contributed by atoms with van der Waals surface area (Å²) in [6.45, 7) is 3.91. The molecule has 0 bridgehead atoms. The molecule has 0 atom stereocenters. The minimum absolute atomic E-state index is 0.0836. The highest BCUT2D eigenvalue weighted by Crippen LogP contribution is 2.21. The van der Waals surface area contributed by atoms with Crippen LogP contribution in [-0.2, 0) is 17.6 Å². The molecule has 0 saturated heterocycles. The normalized spacial score (nSPS) is 11.0. The predicted octanol–water partition coefficient (Wildman–Crippen LogP) is 2.48. The standard InChI is InChI=1S/C16H18N6OS/c1-11(2)22-20-14(19-21-22)9-15(23)18-16-17-10-13(24-16)8-12-6-4-3-5-7-12/h3-7,10-11H,8-9H2,1-2H3,(H,17,18,23). The molecule has 1 amide bonds. The van der Waals surface area contributed by atoms with E-state index >= 15 is 0 Å². The molecule has 0 saturated carbocycles. The molecule has 8 heteroatoms. The van der Waals surface area contributed by atoms with Crippen LogP contribution < -0.4 is 5.32 Å². The number of carbonyl (C=O) groups is 1. The molecule has 2 aromatic heterocycles. The average molecular weight is 342 g/mol. The van der Waals surface area contributed by atoms with E-state index in [0.29, 0.717) is 11.0 Å². The molecule has 3 rings (SSSR count). The quantitative estimate of drug-likeness (QED) is 0.744. The monoisotopic (exact) mass is 342 g/mol. The van der Waals surface area contributed by atoms with Crippen LogP contribution in [0.4, 0.5) is 5.13 Å². The van der Waals surface area contributed by atoms with Crippen LogP contribution in [-0.4, -0.2) is 31.1 Å². The number of hydrogen-bond acceptors (Lipinski definition) is 6. The Hall–Kier alpha value is -2.61. The molecule has 3 aromatic rings. The SMILES string of the molecule is CC(C)n1nnc(CC(=O)Nc2ncc(Cc3ccccc3)s2)n1. The molecule has 0 spiro atoms. The third-order valence-electron chi connectivity index (χ3n) is 3.27. The molecule has 0 aliphatic rings. The number of amides is 1. The van der Waals surface area contributed by atoms with Gasteiger partial charge in [0.05, 0.1) is 12.5 Å². The molecular weight excluding hydrogens is 324 g/mol. The largest absolute Gasteiger partial charge is 0.302 e. The first-order chi connectivity index (χ1) is 11.6. The van der Waals surface area contributed by atoms with Gasteiger partial charge in [-0.25, -0.2) is 4.98 Å². The third-order valence-corrected chi connectivity index (χ3v) is 4.18. The number of hydrogen-bond donors (Lipinski definition) is 1. The van der Waals surface area contributed by atoms with E-state index in [4.69, 9.17) is 0 Å². The summed E-state index contributed by atoms with van der Waals surface area (Å²) in [5.41, 5.74) is 1.22. The fraction of sp³-hybridized carbons (Fsp3) is 0.312. The topological polar surface area (TPSA) is 85.6 Å². The lowest BCUT2D eigenvalue weighted by Gasteiger charge is -2.00. The minimum atomic E-state index is -0.195. The summed E-state index contributed by atoms with van der Waals surface area (Å²) < 4.78 is 0. The summed E-state index contributed by atoms with van der Waals surface area (Å²) in [5, 5.41) is 15.3. The smallest absolute Gasteiger partial charge is 0.233 e. The van der Waals surface area contributed by atoms with Gasteiger partial charge in [-0.15, -0.1) is 21.5 Å². The first-order valence-electron chi connectivity index (χ1n) is 7.67. The Morgan fingerprint density at radius 1 is 1.29 bits per heavy atom. The molecule has 2 heterocycles. The summed E-state index contributed by atoms with van der Waals surface area (Å²) in [4.78, 5) is 18.9. The van der Waals surface area contributed by atoms with Crippen molar-refractivity contribution in [3.63, 3.8) is 0 Å². The van der Waals surface area contributed by atoms with Gasteiger partial charge in [0, 0.05) is 17.5 Å². The van der Waals surface area contributed by atoms with Crippen LogP contribution in [0.1, 0.15) is 36.2 Å². The van der Waals surface area contributed by atoms with Crippen molar-refractivity contribution in [3.05, 3.63) is 52.8 Å². The second kappa shape index (κ2) is 7.31. The van der Waals surface area contributed by atoms with Gasteiger partial charge in [0.2, 0.25) is 5.91 Å². The van der Waals surface area contributed by atoms with E-state index in [1.807, 2.05) is 32.0 Å². The van der Waals surface area contributed by atoms with E-state index in [-0.39, 0.29) is 18.4 Å². The Morgan fingerprint density at radius 3 is 2.79 bits per heavy atom. The lowest BCUT2D eigenvalue weighted by molar-refractivity contribution is -0.115. The molecule has 0 unspecified atom stereocenters. The van der Waals surface area contributed by atoms with E-state index in [2.05, 4.69) is 37.8 Å². The molecule has 1 N–H and O–H groups in total. The second-order valence-corrected chi connectivity index (χ2v) is 6.75. The lowest BCUT2D eigenvalue weighted by atomic mass is 10.1. The number of nitrogens with zero attached hydrogens (tertiary/aromatic N) is 5. The number of carbonyl (C=O) groups excluding carboxylic acids is 1. The van der Waals surface area contributed by atoms with Crippen LogP contribution in [0.3, 0.4) is 0 Å². The van der Waals surface area contributed by atoms with Gasteiger partial charge in [0.25, 0.3) is 0 Å². The van der Waals surface area contributed by atoms with Gasteiger partial charge < -0.3 is 5.32 Å². The summed E-state index contributed by atoms with van der Waals surface area (Å²) in [5.74, 6) is 0.209. The van der Waals surface area contributed by atoms with Gasteiger partial charge in [0.15, 0.2) is 11.0 Å². The Labute approximate surface area is 143 Å². The van der Waals surface area contributed by atoms with Crippen LogP contribution in [0.5, 0.6) is 0 Å². The molecule has 1 aromatic carbocycles. The molecule has 124 valence electrons. The Balaban J connectivity index is 1.56. The molecule has 0 aliphatic carbocycles. The molecule has 0 aliphatic heterocycles. The number of nitrogens with one attached hydrogen (secondary N) is 1. The summed E-state index contributed by atoms with van der Waals surface area (Å²) in [6, 6.07) is 10.3. The van der Waals surface area contributed by atoms with E-state index < -0.39 is 0 Å². The zero-order valence-corrected chi connectivity index (χ0v) is 14.3. The highest BCUT2D eigenvalue weighted by molar-refractivity contribution is 7.15. The Bertz CT molecular complexity index is 811. The van der Waals surface area contributed by atoms with Crippen LogP contribution in [0, 0.1) is 0 Å². The molecular formula is C16H18N6OS. The van der Waals surface area contributed by atoms with Gasteiger partial charge in [-0.3, -0.25) is 4.79 Å². The molecule has 24 heavy (non-hydrogen) atoms. The predicted molar refractivity (Wildman–Crippen MR) is 91.9 cm³/mol. The highest BCUT2D eigenvalue weighted by Gasteiger charge is 2.12. The third kappa shape index (κ3) is 4.23. The van der Waals surface area contributed by atoms with Crippen molar-refractivity contribution in [2.45, 2.75) is 32.7 Å². The van der Waals surface area contributed by atoms with E-state index in [1.165, 1.54) is 21.7 Å². The van der Waals surface area contributed by atoms with Gasteiger partial charge >= 0.3 is 0 Å². The van der Waals surface area contributed by atoms with E-state index in [9.17, 15) is 4.79 Å². The fourth-order valence-electron chi connectivity index (χ4n) is 2.10. The van der Waals surface area contributed by atoms with Crippen LogP contribution >= 0.6 is 11.3 Å². The molecule has 0 fully saturated rings. The molecule has 7 nitrogen and oxygen atoms in total. The minimum Gasteiger partial charge on any atom is -0.302 e. The van der Waals surface area contributed by atoms with Crippen LogP contribution in [0.25, 0.3) is 0 Å². The van der Waals surface area contributed by atoms with Gasteiger partial charge in [-0.2, -0.15) is 4.80 Å². The van der Waals surface area contributed by atoms with Crippen LogP contribution in [0.15, 0.2) is 36.5 Å². The number of tetrazole rings is 1. The number of aromatic nitrogens is 5. The number of rotatable bonds is 6. The maximum atomic E-state index is 12.1. The number of anilines is 1. The first kappa shape index (κ1) is 16.3. The summed E-state index contributed by atoms with van der Waals surface area (Å²) in [6.07, 6.45) is 2.68. The maximum absolute atomic E-state index is 12.1. The van der Waals surface area contributed by atoms with Crippen molar-refractivity contribution < 1.29 is 4.79 Å². The number of thiazole rings is 1. The van der Waals surface area contributed by atoms with Crippen molar-refractivity contribution in [1.29, 1.82) is 0 Å². The Morgan fingerprint density at radius 2 is 2.08 bits per heavy atom. The lowest BCUT2D eigenvalue weighted by Crippen LogP contribution is -2.15. The first-order valence-corrected chi connectivity index (χ1v) is 8.48. The van der Waals surface area contributed by atoms with Crippen molar-refractivity contribution in [2.24, 2.45) is 0 Å². The summed E-state index contributed by atoms with van der Waals surface area (Å²) in [7, 11) is 0. The van der Waals surface area contributed by atoms with Crippen molar-refractivity contribution in [1.82, 2.24) is 25.2 Å². The highest BCUT2D eigenvalue weighted by atomic mass is 32.1. The van der Waals surface area contributed by atoms with Gasteiger partial charge in [0.1, 0.15) is 0 Å². The van der Waals surface area contributed by atoms with Gasteiger partial charge in [-0.1, -0.05) is 30.3 Å². The molecule has 0 radical (unpaired) electrons. The zero-order chi connectivity index (χ0) is 16.9. The second-order valence-electron chi connectivity index (χ2n) is 5.64. The van der Waals surface area contributed by atoms with E-state index in [1.54, 1.807) is 6.20 Å². The summed E-state index contributed by atoms with van der Waals surface area (Å²) >= 11 is 1.47. The zero-order valence-electron chi connectivity index (χ0n) is 13.5. The fourth-order valence-corrected chi connectivity index (χ4v) is 2.96. The van der Waals surface area contributed by atoms with Crippen molar-refractivity contribution >= 4 is 22.4 Å². The maximum Gasteiger partial charge on any atom is 0.233 e. The average Bonchev–Trinajstić information content (AvgIpc) is 3.18. The van der Waals surface area contributed by atoms with E-state index in [0.717, 1.165) is 11.3 Å². The van der Waals surface area contributed by atoms with Gasteiger partial charge in [-0.05, 0) is 24.6 Å².